The molecule has 182 valence electrons. The van der Waals surface area contributed by atoms with E-state index in [1.165, 1.54) is 7.11 Å². The monoisotopic (exact) mass is 470 g/mol. The van der Waals surface area contributed by atoms with E-state index in [1.807, 2.05) is 49.4 Å². The van der Waals surface area contributed by atoms with Crippen LogP contribution in [0.5, 0.6) is 17.5 Å². The van der Waals surface area contributed by atoms with Crippen molar-refractivity contribution in [1.29, 1.82) is 0 Å². The van der Waals surface area contributed by atoms with Gasteiger partial charge in [-0.3, -0.25) is 0 Å². The van der Waals surface area contributed by atoms with Gasteiger partial charge in [-0.05, 0) is 47.7 Å². The van der Waals surface area contributed by atoms with Crippen LogP contribution in [0.3, 0.4) is 0 Å². The highest BCUT2D eigenvalue weighted by Crippen LogP contribution is 2.33. The minimum Gasteiger partial charge on any atom is -0.480 e. The number of aliphatic hydroxyl groups excluding tert-OH is 3. The van der Waals surface area contributed by atoms with Crippen LogP contribution in [0.25, 0.3) is 0 Å². The Labute approximate surface area is 197 Å². The molecule has 0 unspecified atom stereocenters. The van der Waals surface area contributed by atoms with Gasteiger partial charge in [0.2, 0.25) is 11.8 Å². The largest absolute Gasteiger partial charge is 0.480 e. The Morgan fingerprint density at radius 2 is 1.71 bits per heavy atom. The topological polar surface area (TPSA) is 146 Å². The predicted octanol–water partition coefficient (Wildman–Crippen LogP) is 1.90. The van der Waals surface area contributed by atoms with Gasteiger partial charge in [-0.25, -0.2) is 0 Å². The smallest absolute Gasteiger partial charge is 0.239 e. The molecule has 1 aliphatic rings. The van der Waals surface area contributed by atoms with E-state index in [9.17, 15) is 15.3 Å². The van der Waals surface area contributed by atoms with Crippen LogP contribution in [0.1, 0.15) is 34.8 Å². The van der Waals surface area contributed by atoms with E-state index < -0.39 is 24.4 Å². The van der Waals surface area contributed by atoms with Crippen molar-refractivity contribution < 1.29 is 35.0 Å². The average molecular weight is 471 g/mol. The average Bonchev–Trinajstić information content (AvgIpc) is 2.84. The second kappa shape index (κ2) is 11.4. The van der Waals surface area contributed by atoms with Gasteiger partial charge in [0, 0.05) is 18.6 Å². The van der Waals surface area contributed by atoms with Crippen LogP contribution in [0.15, 0.2) is 54.6 Å². The number of aromatic nitrogens is 2. The molecule has 2 aromatic carbocycles. The molecule has 9 nitrogen and oxygen atoms in total. The molecule has 0 spiro atoms. The second-order valence-electron chi connectivity index (χ2n) is 8.18. The Kier molecular flexibility index (Phi) is 8.54. The van der Waals surface area contributed by atoms with E-state index in [0.717, 1.165) is 22.3 Å². The second-order valence-corrected chi connectivity index (χ2v) is 8.18. The fourth-order valence-corrected chi connectivity index (χ4v) is 3.89. The van der Waals surface area contributed by atoms with Crippen molar-refractivity contribution in [1.82, 2.24) is 10.2 Å². The summed E-state index contributed by atoms with van der Waals surface area (Å²) in [4.78, 5) is 0. The van der Waals surface area contributed by atoms with Crippen LogP contribution in [0.4, 0.5) is 0 Å². The fraction of sp³-hybridized carbons (Fsp3) is 0.360. The number of methoxy groups -OCH3 is 1. The number of ether oxygens (including phenoxy) is 3. The summed E-state index contributed by atoms with van der Waals surface area (Å²) in [6.07, 6.45) is -2.28. The molecule has 2 heterocycles. The summed E-state index contributed by atoms with van der Waals surface area (Å²) in [7, 11) is 1.53. The van der Waals surface area contributed by atoms with Crippen LogP contribution in [0, 0.1) is 6.92 Å². The van der Waals surface area contributed by atoms with Crippen LogP contribution in [0.2, 0.25) is 0 Å². The molecule has 0 bridgehead atoms. The maximum absolute atomic E-state index is 10.4. The Morgan fingerprint density at radius 1 is 1.00 bits per heavy atom. The van der Waals surface area contributed by atoms with Gasteiger partial charge in [-0.1, -0.05) is 30.3 Å². The highest BCUT2D eigenvalue weighted by Gasteiger charge is 2.37. The molecule has 1 saturated heterocycles. The van der Waals surface area contributed by atoms with Gasteiger partial charge >= 0.3 is 0 Å². The lowest BCUT2D eigenvalue weighted by Crippen LogP contribution is -2.44. The first-order valence-corrected chi connectivity index (χ1v) is 10.8. The van der Waals surface area contributed by atoms with Crippen LogP contribution < -0.4 is 9.47 Å². The molecule has 0 amide bonds. The van der Waals surface area contributed by atoms with Gasteiger partial charge in [-0.15, -0.1) is 10.2 Å². The number of aliphatic hydroxyl groups is 3. The molecule has 9 heteroatoms. The number of hydrogen-bond donors (Lipinski definition) is 3. The number of aryl methyl sites for hydroxylation is 1. The van der Waals surface area contributed by atoms with E-state index in [-0.39, 0.29) is 18.5 Å². The standard InChI is InChI=1S/C25H28N2O6.H2O/c1-15-3-6-17(25-24(30)21(29)13-20(14-28)33-25)12-18(15)11-16-4-7-19(8-5-16)32-23-10-9-22(31-2)26-27-23;/h3-10,12,20-21,24-25,28-30H,11,13-14H2,1-2H3;1H2/t20-,21-,24+,25-;/m0./s1. The molecule has 0 aliphatic carbocycles. The van der Waals surface area contributed by atoms with E-state index in [0.29, 0.717) is 23.9 Å². The SMILES string of the molecule is COc1ccc(Oc2ccc(Cc3cc([C@@H]4O[C@H](CO)C[C@H](O)[C@H]4O)ccc3C)cc2)nn1.O. The molecule has 1 aliphatic heterocycles. The molecule has 0 saturated carbocycles. The van der Waals surface area contributed by atoms with E-state index in [4.69, 9.17) is 14.2 Å². The van der Waals surface area contributed by atoms with Crippen molar-refractivity contribution in [2.24, 2.45) is 0 Å². The number of nitrogens with zero attached hydrogens (tertiary/aromatic N) is 2. The predicted molar refractivity (Wildman–Crippen MR) is 124 cm³/mol. The van der Waals surface area contributed by atoms with E-state index in [2.05, 4.69) is 10.2 Å². The van der Waals surface area contributed by atoms with Crippen molar-refractivity contribution >= 4 is 0 Å². The van der Waals surface area contributed by atoms with Crippen LogP contribution >= 0.6 is 0 Å². The minimum atomic E-state index is -1.04. The Morgan fingerprint density at radius 3 is 2.35 bits per heavy atom. The van der Waals surface area contributed by atoms with Gasteiger partial charge in [-0.2, -0.15) is 0 Å². The molecule has 1 aromatic heterocycles. The summed E-state index contributed by atoms with van der Waals surface area (Å²) in [6.45, 7) is 1.83. The van der Waals surface area contributed by atoms with Gasteiger partial charge in [0.05, 0.1) is 25.9 Å². The Hall–Kier alpha value is -3.08. The van der Waals surface area contributed by atoms with Gasteiger partial charge < -0.3 is 35.0 Å². The van der Waals surface area contributed by atoms with Crippen molar-refractivity contribution in [3.05, 3.63) is 76.9 Å². The number of rotatable bonds is 7. The van der Waals surface area contributed by atoms with Crippen molar-refractivity contribution in [3.63, 3.8) is 0 Å². The first-order chi connectivity index (χ1) is 16.0. The van der Waals surface area contributed by atoms with Gasteiger partial charge in [0.15, 0.2) is 0 Å². The summed E-state index contributed by atoms with van der Waals surface area (Å²) in [5.74, 6) is 1.44. The zero-order valence-corrected chi connectivity index (χ0v) is 19.1. The molecule has 5 N–H and O–H groups in total. The third kappa shape index (κ3) is 5.88. The van der Waals surface area contributed by atoms with Crippen molar-refractivity contribution in [2.75, 3.05) is 13.7 Å². The molecule has 34 heavy (non-hydrogen) atoms. The lowest BCUT2D eigenvalue weighted by molar-refractivity contribution is -0.179. The van der Waals surface area contributed by atoms with Gasteiger partial charge in [0.25, 0.3) is 0 Å². The zero-order valence-electron chi connectivity index (χ0n) is 19.1. The maximum atomic E-state index is 10.4. The highest BCUT2D eigenvalue weighted by atomic mass is 16.5. The van der Waals surface area contributed by atoms with Crippen LogP contribution in [-0.4, -0.2) is 63.0 Å². The van der Waals surface area contributed by atoms with E-state index >= 15 is 0 Å². The molecular formula is C25H30N2O7. The summed E-state index contributed by atoms with van der Waals surface area (Å²) in [5, 5.41) is 37.9. The van der Waals surface area contributed by atoms with Gasteiger partial charge in [0.1, 0.15) is 18.0 Å². The zero-order chi connectivity index (χ0) is 23.4. The maximum Gasteiger partial charge on any atom is 0.239 e. The number of benzene rings is 2. The lowest BCUT2D eigenvalue weighted by Gasteiger charge is -2.37. The summed E-state index contributed by atoms with van der Waals surface area (Å²) < 4.78 is 16.6. The first-order valence-electron chi connectivity index (χ1n) is 10.8. The fourth-order valence-electron chi connectivity index (χ4n) is 3.89. The van der Waals surface area contributed by atoms with Crippen molar-refractivity contribution in [2.45, 2.75) is 44.2 Å². The van der Waals surface area contributed by atoms with Crippen molar-refractivity contribution in [3.8, 4) is 17.5 Å². The Balaban J connectivity index is 0.00000324. The highest BCUT2D eigenvalue weighted by molar-refractivity contribution is 5.38. The Bertz CT molecular complexity index is 1060. The quantitative estimate of drug-likeness (QED) is 0.475. The summed E-state index contributed by atoms with van der Waals surface area (Å²) in [5.41, 5.74) is 4.05. The molecule has 3 aromatic rings. The first kappa shape index (κ1) is 25.5. The van der Waals surface area contributed by atoms with E-state index in [1.54, 1.807) is 12.1 Å². The van der Waals surface area contributed by atoms with Crippen LogP contribution in [-0.2, 0) is 11.2 Å². The minimum absolute atomic E-state index is 0. The molecule has 1 fully saturated rings. The summed E-state index contributed by atoms with van der Waals surface area (Å²) in [6, 6.07) is 16.9. The molecule has 4 atom stereocenters. The normalized spacial score (nSPS) is 22.0. The molecular weight excluding hydrogens is 440 g/mol. The molecule has 0 radical (unpaired) electrons. The third-order valence-corrected chi connectivity index (χ3v) is 5.82. The lowest BCUT2D eigenvalue weighted by atomic mass is 9.90. The molecule has 4 rings (SSSR count). The number of hydrogen-bond acceptors (Lipinski definition) is 8. The third-order valence-electron chi connectivity index (χ3n) is 5.82. The summed E-state index contributed by atoms with van der Waals surface area (Å²) >= 11 is 0.